The van der Waals surface area contributed by atoms with E-state index in [-0.39, 0.29) is 17.7 Å². The summed E-state index contributed by atoms with van der Waals surface area (Å²) in [6.45, 7) is 0. The molecule has 4 rings (SSSR count). The van der Waals surface area contributed by atoms with E-state index in [2.05, 4.69) is 15.6 Å². The monoisotopic (exact) mass is 393 g/mol. The number of nitrogens with zero attached hydrogens (tertiary/aromatic N) is 1. The summed E-state index contributed by atoms with van der Waals surface area (Å²) < 4.78 is 5.36. The summed E-state index contributed by atoms with van der Waals surface area (Å²) in [7, 11) is 1.61. The molecule has 0 aliphatic heterocycles. The molecular weight excluding hydrogens is 374 g/mol. The summed E-state index contributed by atoms with van der Waals surface area (Å²) >= 11 is 1.38. The molecule has 6 nitrogen and oxygen atoms in total. The number of thiazole rings is 1. The minimum Gasteiger partial charge on any atom is -0.496 e. The highest BCUT2D eigenvalue weighted by atomic mass is 32.1. The van der Waals surface area contributed by atoms with Gasteiger partial charge in [-0.3, -0.25) is 9.59 Å². The Morgan fingerprint density at radius 2 is 1.82 bits per heavy atom. The van der Waals surface area contributed by atoms with Gasteiger partial charge in [0.25, 0.3) is 5.91 Å². The van der Waals surface area contributed by atoms with Crippen LogP contribution in [0.5, 0.6) is 5.75 Å². The Balaban J connectivity index is 1.47. The zero-order valence-corrected chi connectivity index (χ0v) is 16.1. The van der Waals surface area contributed by atoms with E-state index in [9.17, 15) is 9.59 Å². The Kier molecular flexibility index (Phi) is 5.08. The zero-order valence-electron chi connectivity index (χ0n) is 15.3. The number of anilines is 2. The van der Waals surface area contributed by atoms with Crippen LogP contribution in [-0.4, -0.2) is 23.9 Å². The SMILES string of the molecule is COc1ccccc1-c1nc(C(=O)Nc2cccc(NC(=O)C3CC3)c2)cs1. The van der Waals surface area contributed by atoms with Crippen molar-refractivity contribution in [1.29, 1.82) is 0 Å². The molecule has 142 valence electrons. The maximum Gasteiger partial charge on any atom is 0.275 e. The van der Waals surface area contributed by atoms with Gasteiger partial charge in [-0.1, -0.05) is 18.2 Å². The summed E-state index contributed by atoms with van der Waals surface area (Å²) in [4.78, 5) is 28.9. The second-order valence-corrected chi connectivity index (χ2v) is 7.39. The summed E-state index contributed by atoms with van der Waals surface area (Å²) in [5, 5.41) is 8.14. The smallest absolute Gasteiger partial charge is 0.275 e. The van der Waals surface area contributed by atoms with Crippen molar-refractivity contribution in [2.75, 3.05) is 17.7 Å². The van der Waals surface area contributed by atoms with Crippen molar-refractivity contribution in [3.8, 4) is 16.3 Å². The Bertz CT molecular complexity index is 1030. The van der Waals surface area contributed by atoms with Crippen LogP contribution in [0.3, 0.4) is 0 Å². The quantitative estimate of drug-likeness (QED) is 0.650. The Hall–Kier alpha value is -3.19. The van der Waals surface area contributed by atoms with E-state index < -0.39 is 0 Å². The first-order chi connectivity index (χ1) is 13.6. The second-order valence-electron chi connectivity index (χ2n) is 6.54. The molecule has 28 heavy (non-hydrogen) atoms. The van der Waals surface area contributed by atoms with Gasteiger partial charge < -0.3 is 15.4 Å². The topological polar surface area (TPSA) is 80.3 Å². The van der Waals surface area contributed by atoms with Gasteiger partial charge in [0.05, 0.1) is 12.7 Å². The average molecular weight is 393 g/mol. The zero-order chi connectivity index (χ0) is 19.5. The van der Waals surface area contributed by atoms with Crippen LogP contribution in [-0.2, 0) is 4.79 Å². The molecule has 1 aliphatic rings. The maximum absolute atomic E-state index is 12.6. The highest BCUT2D eigenvalue weighted by Crippen LogP contribution is 2.32. The molecule has 2 aromatic carbocycles. The van der Waals surface area contributed by atoms with Gasteiger partial charge in [-0.2, -0.15) is 0 Å². The largest absolute Gasteiger partial charge is 0.496 e. The van der Waals surface area contributed by atoms with Crippen molar-refractivity contribution < 1.29 is 14.3 Å². The van der Waals surface area contributed by atoms with Crippen molar-refractivity contribution in [2.45, 2.75) is 12.8 Å². The molecule has 1 saturated carbocycles. The van der Waals surface area contributed by atoms with Gasteiger partial charge in [-0.15, -0.1) is 11.3 Å². The number of para-hydroxylation sites is 1. The normalized spacial score (nSPS) is 13.0. The van der Waals surface area contributed by atoms with Crippen LogP contribution in [0.15, 0.2) is 53.9 Å². The molecule has 0 atom stereocenters. The number of ether oxygens (including phenoxy) is 1. The van der Waals surface area contributed by atoms with Gasteiger partial charge in [0.1, 0.15) is 16.5 Å². The van der Waals surface area contributed by atoms with Crippen LogP contribution in [0.2, 0.25) is 0 Å². The maximum atomic E-state index is 12.6. The fourth-order valence-electron chi connectivity index (χ4n) is 2.78. The van der Waals surface area contributed by atoms with Crippen LogP contribution < -0.4 is 15.4 Å². The van der Waals surface area contributed by atoms with E-state index >= 15 is 0 Å². The van der Waals surface area contributed by atoms with Gasteiger partial charge >= 0.3 is 0 Å². The average Bonchev–Trinajstić information content (AvgIpc) is 3.45. The van der Waals surface area contributed by atoms with Crippen molar-refractivity contribution in [2.24, 2.45) is 5.92 Å². The molecule has 0 unspecified atom stereocenters. The fraction of sp³-hybridized carbons (Fsp3) is 0.190. The van der Waals surface area contributed by atoms with Crippen LogP contribution in [0, 0.1) is 5.92 Å². The highest BCUT2D eigenvalue weighted by molar-refractivity contribution is 7.13. The molecule has 1 fully saturated rings. The van der Waals surface area contributed by atoms with Gasteiger partial charge in [0.15, 0.2) is 0 Å². The summed E-state index contributed by atoms with van der Waals surface area (Å²) in [6, 6.07) is 14.7. The lowest BCUT2D eigenvalue weighted by atomic mass is 10.2. The first-order valence-corrected chi connectivity index (χ1v) is 9.83. The minimum absolute atomic E-state index is 0.0319. The lowest BCUT2D eigenvalue weighted by Crippen LogP contribution is -2.15. The number of rotatable bonds is 6. The molecule has 3 aromatic rings. The van der Waals surface area contributed by atoms with Crippen LogP contribution in [0.25, 0.3) is 10.6 Å². The predicted octanol–water partition coefficient (Wildman–Crippen LogP) is 4.42. The molecule has 1 aliphatic carbocycles. The predicted molar refractivity (Wildman–Crippen MR) is 110 cm³/mol. The third kappa shape index (κ3) is 4.04. The molecule has 0 saturated heterocycles. The van der Waals surface area contributed by atoms with Crippen LogP contribution in [0.4, 0.5) is 11.4 Å². The van der Waals surface area contributed by atoms with Crippen LogP contribution >= 0.6 is 11.3 Å². The summed E-state index contributed by atoms with van der Waals surface area (Å²) in [5.41, 5.74) is 2.45. The van der Waals surface area contributed by atoms with E-state index in [1.807, 2.05) is 24.3 Å². The third-order valence-corrected chi connectivity index (χ3v) is 5.29. The number of hydrogen-bond donors (Lipinski definition) is 2. The lowest BCUT2D eigenvalue weighted by molar-refractivity contribution is -0.117. The van der Waals surface area contributed by atoms with Gasteiger partial charge in [-0.25, -0.2) is 4.98 Å². The number of aromatic nitrogens is 1. The molecule has 0 spiro atoms. The number of carbonyl (C=O) groups excluding carboxylic acids is 2. The van der Waals surface area contributed by atoms with Gasteiger partial charge in [-0.05, 0) is 43.2 Å². The first-order valence-electron chi connectivity index (χ1n) is 8.95. The van der Waals surface area contributed by atoms with E-state index in [1.165, 1.54) is 11.3 Å². The molecule has 0 bridgehead atoms. The molecule has 1 aromatic heterocycles. The van der Waals surface area contributed by atoms with Crippen molar-refractivity contribution in [3.05, 3.63) is 59.6 Å². The number of benzene rings is 2. The molecule has 7 heteroatoms. The molecule has 1 heterocycles. The number of methoxy groups -OCH3 is 1. The molecule has 2 amide bonds. The fourth-order valence-corrected chi connectivity index (χ4v) is 3.61. The third-order valence-electron chi connectivity index (χ3n) is 4.41. The van der Waals surface area contributed by atoms with Crippen molar-refractivity contribution in [1.82, 2.24) is 4.98 Å². The number of amides is 2. The van der Waals surface area contributed by atoms with Crippen LogP contribution in [0.1, 0.15) is 23.3 Å². The van der Waals surface area contributed by atoms with Gasteiger partial charge in [0.2, 0.25) is 5.91 Å². The number of nitrogens with one attached hydrogen (secondary N) is 2. The molecule has 0 radical (unpaired) electrons. The molecule has 2 N–H and O–H groups in total. The van der Waals surface area contributed by atoms with Crippen molar-refractivity contribution in [3.63, 3.8) is 0 Å². The van der Waals surface area contributed by atoms with E-state index in [1.54, 1.807) is 36.8 Å². The Morgan fingerprint density at radius 1 is 1.07 bits per heavy atom. The standard InChI is InChI=1S/C21H19N3O3S/c1-27-18-8-3-2-7-16(18)21-24-17(12-28-21)20(26)23-15-6-4-5-14(11-15)22-19(25)13-9-10-13/h2-8,11-13H,9-10H2,1H3,(H,22,25)(H,23,26). The van der Waals surface area contributed by atoms with Gasteiger partial charge in [0, 0.05) is 22.7 Å². The Labute approximate surface area is 166 Å². The Morgan fingerprint density at radius 3 is 2.57 bits per heavy atom. The summed E-state index contributed by atoms with van der Waals surface area (Å²) in [6.07, 6.45) is 1.89. The first kappa shape index (κ1) is 18.2. The highest BCUT2D eigenvalue weighted by Gasteiger charge is 2.29. The number of hydrogen-bond acceptors (Lipinski definition) is 5. The second kappa shape index (κ2) is 7.82. The van der Waals surface area contributed by atoms with E-state index in [0.29, 0.717) is 27.8 Å². The number of carbonyl (C=O) groups is 2. The molecular formula is C21H19N3O3S. The summed E-state index contributed by atoms with van der Waals surface area (Å²) in [5.74, 6) is 0.567. The van der Waals surface area contributed by atoms with Crippen molar-refractivity contribution >= 4 is 34.5 Å². The lowest BCUT2D eigenvalue weighted by Gasteiger charge is -2.08. The minimum atomic E-state index is -0.303. The van der Waals surface area contributed by atoms with E-state index in [0.717, 1.165) is 18.4 Å². The van der Waals surface area contributed by atoms with E-state index in [4.69, 9.17) is 4.74 Å².